The topological polar surface area (TPSA) is 29.5 Å². The largest absolute Gasteiger partial charge is 0.385 e. The fraction of sp³-hybridized carbons (Fsp3) is 0.900. The Bertz CT molecular complexity index is 160. The van der Waals surface area contributed by atoms with E-state index in [0.717, 1.165) is 39.0 Å². The van der Waals surface area contributed by atoms with Crippen LogP contribution in [-0.2, 0) is 9.53 Å². The molecule has 1 fully saturated rings. The summed E-state index contributed by atoms with van der Waals surface area (Å²) in [4.78, 5) is 13.4. The van der Waals surface area contributed by atoms with Crippen molar-refractivity contribution in [1.82, 2.24) is 4.90 Å². The first-order valence-corrected chi connectivity index (χ1v) is 4.98. The Morgan fingerprint density at radius 1 is 1.46 bits per heavy atom. The second kappa shape index (κ2) is 5.35. The van der Waals surface area contributed by atoms with Gasteiger partial charge in [0.25, 0.3) is 0 Å². The summed E-state index contributed by atoms with van der Waals surface area (Å²) >= 11 is 0. The van der Waals surface area contributed by atoms with Crippen LogP contribution >= 0.6 is 0 Å². The Hall–Kier alpha value is -0.410. The highest BCUT2D eigenvalue weighted by atomic mass is 16.5. The number of piperidine rings is 1. The lowest BCUT2D eigenvalue weighted by atomic mass is 10.1. The summed E-state index contributed by atoms with van der Waals surface area (Å²) in [6.07, 6.45) is 2.53. The lowest BCUT2D eigenvalue weighted by molar-refractivity contribution is -0.121. The molecule has 0 radical (unpaired) electrons. The Morgan fingerprint density at radius 3 is 2.62 bits per heavy atom. The van der Waals surface area contributed by atoms with Crippen molar-refractivity contribution in [3.8, 4) is 0 Å². The first kappa shape index (κ1) is 10.7. The van der Waals surface area contributed by atoms with Gasteiger partial charge in [-0.1, -0.05) is 0 Å². The van der Waals surface area contributed by atoms with Crippen molar-refractivity contribution in [1.29, 1.82) is 0 Å². The Kier molecular flexibility index (Phi) is 4.39. The lowest BCUT2D eigenvalue weighted by Crippen LogP contribution is -2.40. The molecule has 0 bridgehead atoms. The van der Waals surface area contributed by atoms with Crippen LogP contribution in [0.5, 0.6) is 0 Å². The van der Waals surface area contributed by atoms with E-state index in [4.69, 9.17) is 4.74 Å². The molecule has 1 rings (SSSR count). The summed E-state index contributed by atoms with van der Waals surface area (Å²) in [7, 11) is 1.73. The van der Waals surface area contributed by atoms with Crippen LogP contribution in [0, 0.1) is 0 Å². The van der Waals surface area contributed by atoms with Crippen molar-refractivity contribution in [2.24, 2.45) is 0 Å². The van der Waals surface area contributed by atoms with Gasteiger partial charge in [0.15, 0.2) is 0 Å². The molecule has 1 aliphatic heterocycles. The van der Waals surface area contributed by atoms with Gasteiger partial charge >= 0.3 is 0 Å². The Balaban J connectivity index is 2.23. The van der Waals surface area contributed by atoms with Crippen LogP contribution in [0.25, 0.3) is 0 Å². The van der Waals surface area contributed by atoms with Crippen molar-refractivity contribution in [2.75, 3.05) is 26.8 Å². The molecule has 1 atom stereocenters. The number of carbonyl (C=O) groups excluding carboxylic acids is 1. The summed E-state index contributed by atoms with van der Waals surface area (Å²) in [5.74, 6) is 0.412. The molecule has 0 spiro atoms. The van der Waals surface area contributed by atoms with Crippen LogP contribution in [0.1, 0.15) is 26.2 Å². The molecule has 0 aromatic heterocycles. The van der Waals surface area contributed by atoms with Crippen molar-refractivity contribution in [2.45, 2.75) is 32.2 Å². The number of ketones is 1. The maximum atomic E-state index is 11.0. The first-order chi connectivity index (χ1) is 6.24. The predicted molar refractivity (Wildman–Crippen MR) is 51.8 cm³/mol. The van der Waals surface area contributed by atoms with Gasteiger partial charge in [-0.15, -0.1) is 0 Å². The van der Waals surface area contributed by atoms with Crippen LogP contribution in [0.15, 0.2) is 0 Å². The standard InChI is InChI=1S/C10H19NO2/c1-9(5-8-13-2)11-6-3-10(12)4-7-11/h9H,3-8H2,1-2H3. The molecule has 1 saturated heterocycles. The molecule has 0 aromatic carbocycles. The molecule has 0 saturated carbocycles. The van der Waals surface area contributed by atoms with E-state index in [2.05, 4.69) is 11.8 Å². The predicted octanol–water partition coefficient (Wildman–Crippen LogP) is 1.08. The van der Waals surface area contributed by atoms with Gasteiger partial charge in [0.1, 0.15) is 5.78 Å². The highest BCUT2D eigenvalue weighted by molar-refractivity contribution is 5.79. The van der Waals surface area contributed by atoms with E-state index >= 15 is 0 Å². The smallest absolute Gasteiger partial charge is 0.135 e. The second-order valence-corrected chi connectivity index (χ2v) is 3.71. The Morgan fingerprint density at radius 2 is 2.08 bits per heavy atom. The highest BCUT2D eigenvalue weighted by Crippen LogP contribution is 2.11. The monoisotopic (exact) mass is 185 g/mol. The van der Waals surface area contributed by atoms with Gasteiger partial charge in [-0.3, -0.25) is 9.69 Å². The zero-order valence-corrected chi connectivity index (χ0v) is 8.58. The molecular formula is C10H19NO2. The third-order valence-electron chi connectivity index (χ3n) is 2.72. The van der Waals surface area contributed by atoms with E-state index in [1.165, 1.54) is 0 Å². The fourth-order valence-corrected chi connectivity index (χ4v) is 1.69. The minimum atomic E-state index is 0.412. The van der Waals surface area contributed by atoms with Gasteiger partial charge in [-0.2, -0.15) is 0 Å². The number of hydrogen-bond donors (Lipinski definition) is 0. The van der Waals surface area contributed by atoms with E-state index in [-0.39, 0.29) is 0 Å². The lowest BCUT2D eigenvalue weighted by Gasteiger charge is -2.31. The zero-order valence-electron chi connectivity index (χ0n) is 8.58. The van der Waals surface area contributed by atoms with Gasteiger partial charge in [-0.25, -0.2) is 0 Å². The van der Waals surface area contributed by atoms with Gasteiger partial charge in [0.2, 0.25) is 0 Å². The van der Waals surface area contributed by atoms with E-state index in [1.807, 2.05) is 0 Å². The van der Waals surface area contributed by atoms with Crippen LogP contribution in [0.2, 0.25) is 0 Å². The zero-order chi connectivity index (χ0) is 9.68. The fourth-order valence-electron chi connectivity index (χ4n) is 1.69. The molecule has 13 heavy (non-hydrogen) atoms. The van der Waals surface area contributed by atoms with Crippen molar-refractivity contribution >= 4 is 5.78 Å². The summed E-state index contributed by atoms with van der Waals surface area (Å²) in [5.41, 5.74) is 0. The summed E-state index contributed by atoms with van der Waals surface area (Å²) in [6.45, 7) is 4.88. The molecular weight excluding hydrogens is 166 g/mol. The molecule has 76 valence electrons. The summed E-state index contributed by atoms with van der Waals surface area (Å²) < 4.78 is 5.03. The minimum absolute atomic E-state index is 0.412. The third-order valence-corrected chi connectivity index (χ3v) is 2.72. The van der Waals surface area contributed by atoms with Gasteiger partial charge in [-0.05, 0) is 13.3 Å². The summed E-state index contributed by atoms with van der Waals surface area (Å²) in [5, 5.41) is 0. The van der Waals surface area contributed by atoms with Crippen LogP contribution in [0.3, 0.4) is 0 Å². The van der Waals surface area contributed by atoms with Gasteiger partial charge in [0, 0.05) is 45.7 Å². The number of carbonyl (C=O) groups is 1. The molecule has 0 aliphatic carbocycles. The Labute approximate surface area is 80.1 Å². The van der Waals surface area contributed by atoms with E-state index in [0.29, 0.717) is 11.8 Å². The summed E-state index contributed by atoms with van der Waals surface area (Å²) in [6, 6.07) is 0.549. The van der Waals surface area contributed by atoms with Gasteiger partial charge < -0.3 is 4.74 Å². The number of ether oxygens (including phenoxy) is 1. The molecule has 1 unspecified atom stereocenters. The molecule has 0 amide bonds. The van der Waals surface area contributed by atoms with Crippen LogP contribution < -0.4 is 0 Å². The molecule has 1 heterocycles. The number of Topliss-reactive ketones (excluding diaryl/α,β-unsaturated/α-hetero) is 1. The number of methoxy groups -OCH3 is 1. The van der Waals surface area contributed by atoms with Crippen molar-refractivity contribution in [3.63, 3.8) is 0 Å². The average molecular weight is 185 g/mol. The number of nitrogens with zero attached hydrogens (tertiary/aromatic N) is 1. The molecule has 3 heteroatoms. The number of likely N-dealkylation sites (tertiary alicyclic amines) is 1. The first-order valence-electron chi connectivity index (χ1n) is 4.98. The highest BCUT2D eigenvalue weighted by Gasteiger charge is 2.19. The van der Waals surface area contributed by atoms with Gasteiger partial charge in [0.05, 0.1) is 0 Å². The van der Waals surface area contributed by atoms with Crippen LogP contribution in [0.4, 0.5) is 0 Å². The maximum absolute atomic E-state index is 11.0. The number of rotatable bonds is 4. The number of hydrogen-bond acceptors (Lipinski definition) is 3. The quantitative estimate of drug-likeness (QED) is 0.656. The maximum Gasteiger partial charge on any atom is 0.135 e. The van der Waals surface area contributed by atoms with E-state index in [1.54, 1.807) is 7.11 Å². The second-order valence-electron chi connectivity index (χ2n) is 3.71. The third kappa shape index (κ3) is 3.44. The van der Waals surface area contributed by atoms with E-state index in [9.17, 15) is 4.79 Å². The average Bonchev–Trinajstić information content (AvgIpc) is 2.15. The van der Waals surface area contributed by atoms with E-state index < -0.39 is 0 Å². The van der Waals surface area contributed by atoms with Crippen LogP contribution in [-0.4, -0.2) is 43.5 Å². The molecule has 3 nitrogen and oxygen atoms in total. The van der Waals surface area contributed by atoms with Crippen molar-refractivity contribution < 1.29 is 9.53 Å². The molecule has 1 aliphatic rings. The normalized spacial score (nSPS) is 21.8. The SMILES string of the molecule is COCCC(C)N1CCC(=O)CC1. The molecule has 0 N–H and O–H groups in total. The van der Waals surface area contributed by atoms with Crippen molar-refractivity contribution in [3.05, 3.63) is 0 Å². The minimum Gasteiger partial charge on any atom is -0.385 e. The molecule has 0 aromatic rings.